The second-order valence-electron chi connectivity index (χ2n) is 5.41. The molecule has 2 aromatic carbocycles. The van der Waals surface area contributed by atoms with Crippen molar-refractivity contribution in [1.82, 2.24) is 10.2 Å². The fraction of sp³-hybridized carbons (Fsp3) is 0.167. The number of nitrogens with one attached hydrogen (secondary N) is 1. The Bertz CT molecular complexity index is 952. The number of nitrogens with zero attached hydrogens (tertiary/aromatic N) is 2. The van der Waals surface area contributed by atoms with Gasteiger partial charge in [-0.2, -0.15) is 0 Å². The first-order valence-electron chi connectivity index (χ1n) is 8.00. The number of anilines is 1. The van der Waals surface area contributed by atoms with E-state index in [1.807, 2.05) is 6.07 Å². The van der Waals surface area contributed by atoms with Crippen LogP contribution in [0.25, 0.3) is 0 Å². The maximum absolute atomic E-state index is 12.0. The lowest BCUT2D eigenvalue weighted by Crippen LogP contribution is -2.20. The average Bonchev–Trinajstić information content (AvgIpc) is 3.13. The summed E-state index contributed by atoms with van der Waals surface area (Å²) in [6.07, 6.45) is 0. The quantitative estimate of drug-likeness (QED) is 0.373. The van der Waals surface area contributed by atoms with E-state index in [9.17, 15) is 4.79 Å². The zero-order valence-electron chi connectivity index (χ0n) is 14.6. The van der Waals surface area contributed by atoms with Gasteiger partial charge in [-0.3, -0.25) is 10.1 Å². The molecular formula is C18H15Cl2N3O3S2. The molecule has 0 atom stereocenters. The minimum Gasteiger partial charge on any atom is -0.497 e. The molecule has 146 valence electrons. The van der Waals surface area contributed by atoms with Gasteiger partial charge in [0.05, 0.1) is 7.11 Å². The van der Waals surface area contributed by atoms with Crippen molar-refractivity contribution in [2.75, 3.05) is 19.0 Å². The predicted octanol–water partition coefficient (Wildman–Crippen LogP) is 5.16. The molecule has 0 fully saturated rings. The van der Waals surface area contributed by atoms with Gasteiger partial charge < -0.3 is 9.47 Å². The monoisotopic (exact) mass is 455 g/mol. The highest BCUT2D eigenvalue weighted by Gasteiger charge is 2.11. The number of rotatable bonds is 8. The molecule has 1 heterocycles. The molecule has 1 amide bonds. The Balaban J connectivity index is 1.47. The van der Waals surface area contributed by atoms with E-state index in [0.717, 1.165) is 15.7 Å². The van der Waals surface area contributed by atoms with Crippen molar-refractivity contribution in [2.45, 2.75) is 10.1 Å². The van der Waals surface area contributed by atoms with Crippen LogP contribution in [0.15, 0.2) is 46.8 Å². The standard InChI is InChI=1S/C18H15Cl2N3O3S2/c1-25-13-4-6-14(7-5-13)26-9-16(24)21-17-22-23-18(28-17)27-10-11-2-3-12(19)8-15(11)20/h2-8H,9-10H2,1H3,(H,21,22,24). The number of carbonyl (C=O) groups is 1. The van der Waals surface area contributed by atoms with Crippen LogP contribution in [0, 0.1) is 0 Å². The molecule has 1 aromatic heterocycles. The summed E-state index contributed by atoms with van der Waals surface area (Å²) in [5.74, 6) is 1.60. The minimum atomic E-state index is -0.315. The van der Waals surface area contributed by atoms with Gasteiger partial charge in [-0.15, -0.1) is 10.2 Å². The van der Waals surface area contributed by atoms with Crippen LogP contribution < -0.4 is 14.8 Å². The molecule has 0 saturated carbocycles. The largest absolute Gasteiger partial charge is 0.497 e. The lowest BCUT2D eigenvalue weighted by atomic mass is 10.2. The van der Waals surface area contributed by atoms with E-state index in [4.69, 9.17) is 32.7 Å². The minimum absolute atomic E-state index is 0.130. The van der Waals surface area contributed by atoms with Crippen molar-refractivity contribution in [1.29, 1.82) is 0 Å². The smallest absolute Gasteiger partial charge is 0.264 e. The number of carbonyl (C=O) groups excluding carboxylic acids is 1. The summed E-state index contributed by atoms with van der Waals surface area (Å²) in [6, 6.07) is 12.3. The summed E-state index contributed by atoms with van der Waals surface area (Å²) in [5, 5.41) is 12.3. The van der Waals surface area contributed by atoms with Crippen molar-refractivity contribution >= 4 is 57.3 Å². The van der Waals surface area contributed by atoms with Crippen LogP contribution in [0.2, 0.25) is 10.0 Å². The van der Waals surface area contributed by atoms with Gasteiger partial charge >= 0.3 is 0 Å². The van der Waals surface area contributed by atoms with Crippen molar-refractivity contribution in [3.8, 4) is 11.5 Å². The lowest BCUT2D eigenvalue weighted by molar-refractivity contribution is -0.118. The van der Waals surface area contributed by atoms with Crippen molar-refractivity contribution < 1.29 is 14.3 Å². The number of hydrogen-bond acceptors (Lipinski definition) is 7. The van der Waals surface area contributed by atoms with E-state index >= 15 is 0 Å². The average molecular weight is 456 g/mol. The van der Waals surface area contributed by atoms with E-state index in [1.54, 1.807) is 43.5 Å². The Kier molecular flexibility index (Phi) is 7.38. The zero-order valence-corrected chi connectivity index (χ0v) is 17.8. The first-order valence-corrected chi connectivity index (χ1v) is 10.6. The van der Waals surface area contributed by atoms with Gasteiger partial charge in [0.25, 0.3) is 5.91 Å². The summed E-state index contributed by atoms with van der Waals surface area (Å²) in [5.41, 5.74) is 0.949. The molecule has 28 heavy (non-hydrogen) atoms. The Hall–Kier alpha value is -2.00. The summed E-state index contributed by atoms with van der Waals surface area (Å²) in [6.45, 7) is -0.130. The fourth-order valence-electron chi connectivity index (χ4n) is 2.07. The molecule has 0 aliphatic rings. The van der Waals surface area contributed by atoms with Gasteiger partial charge in [-0.25, -0.2) is 0 Å². The Morgan fingerprint density at radius 3 is 2.61 bits per heavy atom. The molecule has 0 saturated heterocycles. The molecule has 0 unspecified atom stereocenters. The molecule has 0 spiro atoms. The van der Waals surface area contributed by atoms with Crippen molar-refractivity contribution in [2.24, 2.45) is 0 Å². The predicted molar refractivity (Wildman–Crippen MR) is 113 cm³/mol. The highest BCUT2D eigenvalue weighted by atomic mass is 35.5. The molecule has 3 aromatic rings. The molecule has 0 bridgehead atoms. The van der Waals surface area contributed by atoms with E-state index in [1.165, 1.54) is 23.1 Å². The number of halogens is 2. The van der Waals surface area contributed by atoms with Crippen LogP contribution in [0.5, 0.6) is 11.5 Å². The lowest BCUT2D eigenvalue weighted by Gasteiger charge is -2.06. The molecule has 0 aliphatic carbocycles. The van der Waals surface area contributed by atoms with Crippen molar-refractivity contribution in [3.63, 3.8) is 0 Å². The van der Waals surface area contributed by atoms with Crippen LogP contribution in [0.1, 0.15) is 5.56 Å². The number of aromatic nitrogens is 2. The number of hydrogen-bond donors (Lipinski definition) is 1. The van der Waals surface area contributed by atoms with Crippen molar-refractivity contribution in [3.05, 3.63) is 58.1 Å². The van der Waals surface area contributed by atoms with Crippen LogP contribution in [0.4, 0.5) is 5.13 Å². The molecule has 0 radical (unpaired) electrons. The van der Waals surface area contributed by atoms with E-state index in [-0.39, 0.29) is 12.5 Å². The van der Waals surface area contributed by atoms with E-state index in [2.05, 4.69) is 15.5 Å². The maximum Gasteiger partial charge on any atom is 0.264 e. The summed E-state index contributed by atoms with van der Waals surface area (Å²) >= 11 is 14.8. The molecule has 1 N–H and O–H groups in total. The summed E-state index contributed by atoms with van der Waals surface area (Å²) in [7, 11) is 1.59. The van der Waals surface area contributed by atoms with Gasteiger partial charge in [0.2, 0.25) is 5.13 Å². The highest BCUT2D eigenvalue weighted by molar-refractivity contribution is 8.00. The van der Waals surface area contributed by atoms with Gasteiger partial charge in [-0.1, -0.05) is 52.4 Å². The summed E-state index contributed by atoms with van der Waals surface area (Å²) < 4.78 is 11.2. The third-order valence-corrected chi connectivity index (χ3v) is 6.06. The van der Waals surface area contributed by atoms with E-state index in [0.29, 0.717) is 26.7 Å². The Morgan fingerprint density at radius 2 is 1.89 bits per heavy atom. The molecular weight excluding hydrogens is 441 g/mol. The number of amides is 1. The topological polar surface area (TPSA) is 73.3 Å². The Labute approximate surface area is 180 Å². The molecule has 0 aliphatic heterocycles. The Morgan fingerprint density at radius 1 is 1.14 bits per heavy atom. The number of methoxy groups -OCH3 is 1. The molecule has 10 heteroatoms. The zero-order chi connectivity index (χ0) is 19.9. The van der Waals surface area contributed by atoms with Crippen LogP contribution in [-0.2, 0) is 10.5 Å². The van der Waals surface area contributed by atoms with Gasteiger partial charge in [0.15, 0.2) is 10.9 Å². The first-order chi connectivity index (χ1) is 13.5. The third kappa shape index (κ3) is 6.00. The number of ether oxygens (including phenoxy) is 2. The second-order valence-corrected chi connectivity index (χ2v) is 8.45. The van der Waals surface area contributed by atoms with Crippen LogP contribution >= 0.6 is 46.3 Å². The fourth-order valence-corrected chi connectivity index (χ4v) is 4.40. The number of thioether (sulfide) groups is 1. The maximum atomic E-state index is 12.0. The second kappa shape index (κ2) is 9.97. The van der Waals surface area contributed by atoms with Gasteiger partial charge in [-0.05, 0) is 42.0 Å². The first kappa shape index (κ1) is 20.7. The third-order valence-electron chi connectivity index (χ3n) is 3.45. The summed E-state index contributed by atoms with van der Waals surface area (Å²) in [4.78, 5) is 12.0. The van der Waals surface area contributed by atoms with Crippen LogP contribution in [-0.4, -0.2) is 29.8 Å². The SMILES string of the molecule is COc1ccc(OCC(=O)Nc2nnc(SCc3ccc(Cl)cc3Cl)s2)cc1. The molecule has 3 rings (SSSR count). The van der Waals surface area contributed by atoms with Gasteiger partial charge in [0.1, 0.15) is 11.5 Å². The molecule has 6 nitrogen and oxygen atoms in total. The van der Waals surface area contributed by atoms with Gasteiger partial charge in [0, 0.05) is 15.8 Å². The number of benzene rings is 2. The van der Waals surface area contributed by atoms with E-state index < -0.39 is 0 Å². The van der Waals surface area contributed by atoms with Crippen LogP contribution in [0.3, 0.4) is 0 Å². The highest BCUT2D eigenvalue weighted by Crippen LogP contribution is 2.31. The normalized spacial score (nSPS) is 10.5.